The molecule has 0 bridgehead atoms. The van der Waals surface area contributed by atoms with Crippen LogP contribution in [0.3, 0.4) is 0 Å². The minimum absolute atomic E-state index is 0. The van der Waals surface area contributed by atoms with E-state index < -0.39 is 0 Å². The van der Waals surface area contributed by atoms with Crippen LogP contribution in [0.4, 0.5) is 0 Å². The molecule has 0 unspecified atom stereocenters. The molecule has 0 amide bonds. The van der Waals surface area contributed by atoms with E-state index in [1.807, 2.05) is 0 Å². The fourth-order valence-electron chi connectivity index (χ4n) is 1.78. The number of rotatable bonds is 4. The van der Waals surface area contributed by atoms with Crippen LogP contribution in [0, 0.1) is 27.0 Å². The number of hydrogen-bond acceptors (Lipinski definition) is 0. The third-order valence-corrected chi connectivity index (χ3v) is 2.57. The molecule has 0 nitrogen and oxygen atoms in total. The maximum absolute atomic E-state index is 3.26. The van der Waals surface area contributed by atoms with Gasteiger partial charge in [0.25, 0.3) is 0 Å². The molecule has 0 aromatic carbocycles. The second kappa shape index (κ2) is 26.5. The third kappa shape index (κ3) is 18.7. The predicted molar refractivity (Wildman–Crippen MR) is 108 cm³/mol. The molecule has 4 heteroatoms. The molecule has 2 aliphatic rings. The van der Waals surface area contributed by atoms with Crippen molar-refractivity contribution in [2.75, 3.05) is 0 Å². The molecule has 2 rings (SSSR count). The smallest absolute Gasteiger partial charge is 0.358 e. The molecule has 0 saturated heterocycles. The van der Waals surface area contributed by atoms with Crippen LogP contribution in [0.15, 0.2) is 35.5 Å². The summed E-state index contributed by atoms with van der Waals surface area (Å²) in [5.41, 5.74) is 2.79. The van der Waals surface area contributed by atoms with Crippen LogP contribution in [0.2, 0.25) is 0 Å². The van der Waals surface area contributed by atoms with E-state index in [9.17, 15) is 0 Å². The zero-order valence-corrected chi connectivity index (χ0v) is 21.0. The van der Waals surface area contributed by atoms with Gasteiger partial charge in [-0.2, -0.15) is 12.2 Å². The Kier molecular flexibility index (Phi) is 46.2. The Hall–Kier alpha value is 0.640. The molecule has 0 aromatic heterocycles. The van der Waals surface area contributed by atoms with Crippen LogP contribution in [-0.2, 0) is 26.2 Å². The van der Waals surface area contributed by atoms with Crippen LogP contribution < -0.4 is 0 Å². The standard InChI is InChI=1S/2C8H11.2CH3.2ClH.H3Si.Zr/c2*1-2-5-8-6-3-4-7-8;;;;;;/h2*3,6H,2,4-5H2,1H3;2*1H3;2*1H;1H3;/q4*-1;;;;+4. The number of allylic oxidation sites excluding steroid dienone is 8. The van der Waals surface area contributed by atoms with E-state index >= 15 is 0 Å². The first kappa shape index (κ1) is 38.3. The molecule has 0 saturated carbocycles. The average molecular weight is 440 g/mol. The summed E-state index contributed by atoms with van der Waals surface area (Å²) in [6.07, 6.45) is 22.2. The molecule has 0 aromatic rings. The first-order valence-electron chi connectivity index (χ1n) is 6.39. The molecule has 1 radical (unpaired) electrons. The molecular weight excluding hydrogens is 406 g/mol. The zero-order valence-electron chi connectivity index (χ0n) is 14.9. The van der Waals surface area contributed by atoms with Gasteiger partial charge in [0.2, 0.25) is 0 Å². The molecule has 22 heavy (non-hydrogen) atoms. The fourth-order valence-corrected chi connectivity index (χ4v) is 1.78. The van der Waals surface area contributed by atoms with Crippen LogP contribution in [-0.4, -0.2) is 11.0 Å². The van der Waals surface area contributed by atoms with Gasteiger partial charge in [-0.3, -0.25) is 12.2 Å². The first-order valence-corrected chi connectivity index (χ1v) is 6.39. The molecule has 127 valence electrons. The largest absolute Gasteiger partial charge is 4.00 e. The Labute approximate surface area is 176 Å². The van der Waals surface area contributed by atoms with Gasteiger partial charge in [0.15, 0.2) is 0 Å². The summed E-state index contributed by atoms with van der Waals surface area (Å²) in [4.78, 5) is 0. The van der Waals surface area contributed by atoms with Gasteiger partial charge in [-0.05, 0) is 11.0 Å². The Morgan fingerprint density at radius 3 is 1.32 bits per heavy atom. The van der Waals surface area contributed by atoms with Crippen molar-refractivity contribution >= 4 is 35.8 Å². The maximum atomic E-state index is 3.26. The van der Waals surface area contributed by atoms with E-state index in [0.717, 1.165) is 12.8 Å². The van der Waals surface area contributed by atoms with Crippen LogP contribution in [0.5, 0.6) is 0 Å². The Morgan fingerprint density at radius 2 is 1.14 bits per heavy atom. The van der Waals surface area contributed by atoms with Gasteiger partial charge in [-0.25, -0.2) is 23.3 Å². The number of hydrogen-bond donors (Lipinski definition) is 0. The van der Waals surface area contributed by atoms with E-state index in [0.29, 0.717) is 0 Å². The first-order chi connectivity index (χ1) is 7.86. The Bertz CT molecular complexity index is 289. The quantitative estimate of drug-likeness (QED) is 0.400. The minimum atomic E-state index is 0. The Balaban J connectivity index is -0.0000000457. The van der Waals surface area contributed by atoms with Gasteiger partial charge in [0.05, 0.1) is 0 Å². The topological polar surface area (TPSA) is 0 Å². The van der Waals surface area contributed by atoms with Crippen molar-refractivity contribution in [3.05, 3.63) is 62.5 Å². The second-order valence-corrected chi connectivity index (χ2v) is 4.12. The third-order valence-electron chi connectivity index (χ3n) is 2.57. The zero-order chi connectivity index (χ0) is 11.6. The van der Waals surface area contributed by atoms with Gasteiger partial charge in [0, 0.05) is 0 Å². The van der Waals surface area contributed by atoms with Gasteiger partial charge >= 0.3 is 26.2 Å². The van der Waals surface area contributed by atoms with Crippen molar-refractivity contribution in [2.24, 2.45) is 0 Å². The molecule has 0 N–H and O–H groups in total. The van der Waals surface area contributed by atoms with Crippen molar-refractivity contribution in [1.82, 2.24) is 0 Å². The summed E-state index contributed by atoms with van der Waals surface area (Å²) < 4.78 is 0. The molecule has 0 heterocycles. The minimum Gasteiger partial charge on any atom is -0.358 e. The molecular formula is C18H33Cl2SiZr. The molecule has 0 atom stereocenters. The summed E-state index contributed by atoms with van der Waals surface area (Å²) in [5, 5.41) is 0. The van der Waals surface area contributed by atoms with E-state index in [4.69, 9.17) is 0 Å². The SMILES string of the molecule is CCCC1=[C-]CC=C1.CCCC1=[C-]CC=C1.Cl.Cl.[CH3-].[CH3-].[SiH3].[Zr+4]. The van der Waals surface area contributed by atoms with Crippen LogP contribution >= 0.6 is 24.8 Å². The van der Waals surface area contributed by atoms with Gasteiger partial charge in [-0.1, -0.05) is 39.5 Å². The van der Waals surface area contributed by atoms with E-state index in [1.54, 1.807) is 0 Å². The summed E-state index contributed by atoms with van der Waals surface area (Å²) in [7, 11) is 0. The van der Waals surface area contributed by atoms with Crippen molar-refractivity contribution in [3.8, 4) is 0 Å². The van der Waals surface area contributed by atoms with Gasteiger partial charge in [-0.15, -0.1) is 37.7 Å². The summed E-state index contributed by atoms with van der Waals surface area (Å²) in [5.74, 6) is 0. The predicted octanol–water partition coefficient (Wildman–Crippen LogP) is 5.51. The average Bonchev–Trinajstić information content (AvgIpc) is 2.92. The van der Waals surface area contributed by atoms with Crippen molar-refractivity contribution in [3.63, 3.8) is 0 Å². The van der Waals surface area contributed by atoms with E-state index in [2.05, 4.69) is 50.3 Å². The van der Waals surface area contributed by atoms with Crippen molar-refractivity contribution in [2.45, 2.75) is 52.4 Å². The summed E-state index contributed by atoms with van der Waals surface area (Å²) >= 11 is 0. The summed E-state index contributed by atoms with van der Waals surface area (Å²) in [6, 6.07) is 0. The van der Waals surface area contributed by atoms with E-state index in [1.165, 1.54) is 36.8 Å². The normalized spacial score (nSPS) is 12.3. The van der Waals surface area contributed by atoms with Crippen molar-refractivity contribution in [1.29, 1.82) is 0 Å². The second-order valence-electron chi connectivity index (χ2n) is 4.12. The number of halogens is 2. The van der Waals surface area contributed by atoms with Crippen LogP contribution in [0.1, 0.15) is 52.4 Å². The van der Waals surface area contributed by atoms with E-state index in [-0.39, 0.29) is 76.8 Å². The van der Waals surface area contributed by atoms with Crippen molar-refractivity contribution < 1.29 is 26.2 Å². The van der Waals surface area contributed by atoms with Gasteiger partial charge < -0.3 is 14.9 Å². The molecule has 0 fully saturated rings. The maximum Gasteiger partial charge on any atom is 4.00 e. The summed E-state index contributed by atoms with van der Waals surface area (Å²) in [6.45, 7) is 4.39. The molecule has 2 aliphatic carbocycles. The fraction of sp³-hybridized carbons (Fsp3) is 0.444. The Morgan fingerprint density at radius 1 is 0.818 bits per heavy atom. The molecule has 0 spiro atoms. The monoisotopic (exact) mass is 437 g/mol. The van der Waals surface area contributed by atoms with Crippen LogP contribution in [0.25, 0.3) is 0 Å². The molecule has 0 aliphatic heterocycles. The van der Waals surface area contributed by atoms with Gasteiger partial charge in [0.1, 0.15) is 0 Å².